The summed E-state index contributed by atoms with van der Waals surface area (Å²) in [7, 11) is -3.10. The summed E-state index contributed by atoms with van der Waals surface area (Å²) >= 11 is 5.63. The number of hydrogen-bond donors (Lipinski definition) is 1. The van der Waals surface area contributed by atoms with Crippen molar-refractivity contribution in [3.05, 3.63) is 29.3 Å². The molecule has 0 heterocycles. The molecule has 2 nitrogen and oxygen atoms in total. The smallest absolute Gasteiger partial charge is 0.229 e. The van der Waals surface area contributed by atoms with Gasteiger partial charge in [0.05, 0.1) is 0 Å². The minimum atomic E-state index is -3.10. The number of benzene rings is 1. The van der Waals surface area contributed by atoms with Gasteiger partial charge in [-0.1, -0.05) is 18.5 Å². The first-order chi connectivity index (χ1) is 5.56. The van der Waals surface area contributed by atoms with Crippen molar-refractivity contribution in [3.63, 3.8) is 0 Å². The molecule has 4 heteroatoms. The Morgan fingerprint density at radius 1 is 1.42 bits per heavy atom. The second kappa shape index (κ2) is 3.61. The molecule has 0 saturated heterocycles. The van der Waals surface area contributed by atoms with Crippen molar-refractivity contribution in [2.45, 2.75) is 6.92 Å². The first-order valence-electron chi connectivity index (χ1n) is 3.64. The molecule has 1 N–H and O–H groups in total. The van der Waals surface area contributed by atoms with Crippen LogP contribution in [0, 0.1) is 0 Å². The highest BCUT2D eigenvalue weighted by Crippen LogP contribution is 2.38. The van der Waals surface area contributed by atoms with Gasteiger partial charge in [-0.05, 0) is 24.3 Å². The number of rotatable bonds is 2. The summed E-state index contributed by atoms with van der Waals surface area (Å²) in [5.41, 5.74) is 0. The molecule has 1 aromatic carbocycles. The molecule has 0 fully saturated rings. The lowest BCUT2D eigenvalue weighted by Crippen LogP contribution is -2.04. The molecule has 1 aromatic rings. The van der Waals surface area contributed by atoms with E-state index in [1.165, 1.54) is 0 Å². The fraction of sp³-hybridized carbons (Fsp3) is 0.250. The van der Waals surface area contributed by atoms with E-state index in [-0.39, 0.29) is 6.16 Å². The van der Waals surface area contributed by atoms with E-state index in [9.17, 15) is 9.46 Å². The standard InChI is InChI=1S/C8H10ClO2P/c1-2-12(10,11)8-5-3-7(9)4-6-8/h3-6H,2H2,1H3,(H,10,11). The topological polar surface area (TPSA) is 37.3 Å². The van der Waals surface area contributed by atoms with Crippen LogP contribution in [0.2, 0.25) is 5.02 Å². The van der Waals surface area contributed by atoms with Crippen molar-refractivity contribution in [1.82, 2.24) is 0 Å². The van der Waals surface area contributed by atoms with Crippen LogP contribution in [0.4, 0.5) is 0 Å². The van der Waals surface area contributed by atoms with Crippen LogP contribution >= 0.6 is 19.0 Å². The SMILES string of the molecule is CCP(=O)(O)c1ccc(Cl)cc1. The zero-order valence-electron chi connectivity index (χ0n) is 6.70. The van der Waals surface area contributed by atoms with E-state index in [0.717, 1.165) is 0 Å². The number of halogens is 1. The van der Waals surface area contributed by atoms with Crippen molar-refractivity contribution in [3.8, 4) is 0 Å². The summed E-state index contributed by atoms with van der Waals surface area (Å²) in [5, 5.41) is 1.05. The Labute approximate surface area is 76.6 Å². The Kier molecular flexibility index (Phi) is 2.94. The Morgan fingerprint density at radius 3 is 2.33 bits per heavy atom. The minimum absolute atomic E-state index is 0.259. The van der Waals surface area contributed by atoms with E-state index >= 15 is 0 Å². The molecule has 12 heavy (non-hydrogen) atoms. The largest absolute Gasteiger partial charge is 0.341 e. The van der Waals surface area contributed by atoms with Crippen LogP contribution in [0.5, 0.6) is 0 Å². The van der Waals surface area contributed by atoms with E-state index in [1.54, 1.807) is 31.2 Å². The third kappa shape index (κ3) is 2.10. The highest BCUT2D eigenvalue weighted by Gasteiger charge is 2.17. The van der Waals surface area contributed by atoms with Crippen molar-refractivity contribution in [2.75, 3.05) is 6.16 Å². The zero-order valence-corrected chi connectivity index (χ0v) is 8.35. The fourth-order valence-electron chi connectivity index (χ4n) is 0.857. The molecular formula is C8H10ClO2P. The Hall–Kier alpha value is -0.300. The molecular weight excluding hydrogens is 195 g/mol. The molecule has 66 valence electrons. The van der Waals surface area contributed by atoms with Crippen molar-refractivity contribution in [1.29, 1.82) is 0 Å². The quantitative estimate of drug-likeness (QED) is 0.751. The molecule has 0 bridgehead atoms. The molecule has 0 aliphatic heterocycles. The number of hydrogen-bond acceptors (Lipinski definition) is 1. The molecule has 1 rings (SSSR count). The van der Waals surface area contributed by atoms with Gasteiger partial charge in [-0.2, -0.15) is 0 Å². The summed E-state index contributed by atoms with van der Waals surface area (Å²) in [6, 6.07) is 6.42. The van der Waals surface area contributed by atoms with Crippen LogP contribution in [0.1, 0.15) is 6.92 Å². The van der Waals surface area contributed by atoms with Gasteiger partial charge in [0, 0.05) is 16.5 Å². The Balaban J connectivity index is 3.05. The van der Waals surface area contributed by atoms with E-state index in [2.05, 4.69) is 0 Å². The van der Waals surface area contributed by atoms with Crippen molar-refractivity contribution >= 4 is 24.3 Å². The second-order valence-corrected chi connectivity index (χ2v) is 5.48. The maximum atomic E-state index is 11.4. The van der Waals surface area contributed by atoms with Crippen molar-refractivity contribution < 1.29 is 9.46 Å². The summed E-state index contributed by atoms with van der Waals surface area (Å²) in [5.74, 6) is 0. The van der Waals surface area contributed by atoms with Crippen LogP contribution in [0.25, 0.3) is 0 Å². The molecule has 1 unspecified atom stereocenters. The minimum Gasteiger partial charge on any atom is -0.341 e. The molecule has 0 radical (unpaired) electrons. The monoisotopic (exact) mass is 204 g/mol. The molecule has 0 spiro atoms. The van der Waals surface area contributed by atoms with Crippen LogP contribution in [-0.2, 0) is 4.57 Å². The van der Waals surface area contributed by atoms with Gasteiger partial charge in [-0.25, -0.2) is 0 Å². The highest BCUT2D eigenvalue weighted by molar-refractivity contribution is 7.66. The first kappa shape index (κ1) is 9.79. The maximum absolute atomic E-state index is 11.4. The third-order valence-electron chi connectivity index (χ3n) is 1.66. The van der Waals surface area contributed by atoms with Gasteiger partial charge in [0.15, 0.2) is 0 Å². The normalized spacial score (nSPS) is 15.6. The first-order valence-corrected chi connectivity index (χ1v) is 5.86. The van der Waals surface area contributed by atoms with Crippen LogP contribution in [0.15, 0.2) is 24.3 Å². The summed E-state index contributed by atoms with van der Waals surface area (Å²) in [4.78, 5) is 9.40. The average molecular weight is 205 g/mol. The maximum Gasteiger partial charge on any atom is 0.229 e. The van der Waals surface area contributed by atoms with Crippen LogP contribution < -0.4 is 5.30 Å². The van der Waals surface area contributed by atoms with E-state index in [0.29, 0.717) is 10.3 Å². The molecule has 0 saturated carbocycles. The van der Waals surface area contributed by atoms with Gasteiger partial charge in [-0.3, -0.25) is 4.57 Å². The third-order valence-corrected chi connectivity index (χ3v) is 3.87. The summed E-state index contributed by atoms with van der Waals surface area (Å²) < 4.78 is 11.4. The average Bonchev–Trinajstić information content (AvgIpc) is 2.05. The van der Waals surface area contributed by atoms with Gasteiger partial charge in [-0.15, -0.1) is 0 Å². The van der Waals surface area contributed by atoms with Crippen LogP contribution in [-0.4, -0.2) is 11.1 Å². The van der Waals surface area contributed by atoms with Gasteiger partial charge in [0.25, 0.3) is 0 Å². The summed E-state index contributed by atoms with van der Waals surface area (Å²) in [6.07, 6.45) is 0.259. The lowest BCUT2D eigenvalue weighted by molar-refractivity contribution is 0.491. The van der Waals surface area contributed by atoms with Crippen LogP contribution in [0.3, 0.4) is 0 Å². The second-order valence-electron chi connectivity index (χ2n) is 2.49. The Morgan fingerprint density at radius 2 is 1.92 bits per heavy atom. The molecule has 0 aliphatic rings. The van der Waals surface area contributed by atoms with E-state index < -0.39 is 7.37 Å². The van der Waals surface area contributed by atoms with Gasteiger partial charge in [0.1, 0.15) is 0 Å². The van der Waals surface area contributed by atoms with E-state index in [1.807, 2.05) is 0 Å². The molecule has 0 aliphatic carbocycles. The fourth-order valence-corrected chi connectivity index (χ4v) is 1.96. The van der Waals surface area contributed by atoms with Gasteiger partial charge in [0.2, 0.25) is 7.37 Å². The lowest BCUT2D eigenvalue weighted by Gasteiger charge is -2.07. The zero-order chi connectivity index (χ0) is 9.19. The molecule has 1 atom stereocenters. The predicted molar refractivity (Wildman–Crippen MR) is 51.5 cm³/mol. The Bertz CT molecular complexity index is 307. The van der Waals surface area contributed by atoms with Gasteiger partial charge >= 0.3 is 0 Å². The predicted octanol–water partition coefficient (Wildman–Crippen LogP) is 2.26. The highest BCUT2D eigenvalue weighted by atomic mass is 35.5. The van der Waals surface area contributed by atoms with E-state index in [4.69, 9.17) is 11.6 Å². The molecule has 0 aromatic heterocycles. The van der Waals surface area contributed by atoms with Crippen molar-refractivity contribution in [2.24, 2.45) is 0 Å². The lowest BCUT2D eigenvalue weighted by atomic mass is 10.4. The van der Waals surface area contributed by atoms with Gasteiger partial charge < -0.3 is 4.89 Å². The molecule has 0 amide bonds. The summed E-state index contributed by atoms with van der Waals surface area (Å²) in [6.45, 7) is 1.69.